The molecule has 2 aromatic heterocycles. The smallest absolute Gasteiger partial charge is 0.406 e. The molecule has 3 aromatic rings. The van der Waals surface area contributed by atoms with Crippen LogP contribution in [0.5, 0.6) is 5.75 Å². The summed E-state index contributed by atoms with van der Waals surface area (Å²) in [6.07, 6.45) is -4.76. The van der Waals surface area contributed by atoms with Gasteiger partial charge in [0.15, 0.2) is 5.13 Å². The Morgan fingerprint density at radius 2 is 2.08 bits per heavy atom. The molecule has 3 rings (SSSR count). The number of aryl methyl sites for hydroxylation is 2. The number of hydrogen-bond donors (Lipinski definition) is 1. The van der Waals surface area contributed by atoms with E-state index in [1.165, 1.54) is 18.2 Å². The Hall–Kier alpha value is -2.62. The summed E-state index contributed by atoms with van der Waals surface area (Å²) in [7, 11) is 0. The summed E-state index contributed by atoms with van der Waals surface area (Å²) in [5, 5.41) is 6.79. The van der Waals surface area contributed by atoms with Gasteiger partial charge in [-0.1, -0.05) is 16.5 Å². The van der Waals surface area contributed by atoms with Gasteiger partial charge in [0, 0.05) is 11.6 Å². The highest BCUT2D eigenvalue weighted by Gasteiger charge is 2.31. The summed E-state index contributed by atoms with van der Waals surface area (Å²) < 4.78 is 46.3. The minimum absolute atomic E-state index is 0.285. The molecule has 0 aliphatic heterocycles. The SMILES string of the molecule is Cc1noc(C)c1[C@@H](C)C(=O)Nc1nc2ccc(OC(F)(F)F)cc2s1. The van der Waals surface area contributed by atoms with Crippen molar-refractivity contribution in [3.8, 4) is 5.75 Å². The third-order valence-electron chi connectivity index (χ3n) is 3.74. The predicted molar refractivity (Wildman–Crippen MR) is 89.3 cm³/mol. The standard InChI is InChI=1S/C16H14F3N3O3S/c1-7(13-8(2)22-25-9(13)3)14(23)21-15-20-11-5-4-10(6-12(11)26-15)24-16(17,18)19/h4-7H,1-3H3,(H,20,21,23)/t7-/m1/s1. The third-order valence-corrected chi connectivity index (χ3v) is 4.67. The third kappa shape index (κ3) is 3.79. The fourth-order valence-electron chi connectivity index (χ4n) is 2.61. The zero-order valence-electron chi connectivity index (χ0n) is 14.0. The van der Waals surface area contributed by atoms with E-state index in [2.05, 4.69) is 20.2 Å². The first kappa shape index (κ1) is 18.2. The topological polar surface area (TPSA) is 77.3 Å². The number of fused-ring (bicyclic) bond motifs is 1. The van der Waals surface area contributed by atoms with Crippen LogP contribution in [0.3, 0.4) is 0 Å². The van der Waals surface area contributed by atoms with Crippen molar-refractivity contribution in [2.24, 2.45) is 0 Å². The van der Waals surface area contributed by atoms with Crippen molar-refractivity contribution in [1.82, 2.24) is 10.1 Å². The molecule has 2 heterocycles. The molecule has 0 spiro atoms. The van der Waals surface area contributed by atoms with Crippen LogP contribution in [0.2, 0.25) is 0 Å². The molecule has 26 heavy (non-hydrogen) atoms. The maximum atomic E-state index is 12.5. The fraction of sp³-hybridized carbons (Fsp3) is 0.312. The summed E-state index contributed by atoms with van der Waals surface area (Å²) in [5.41, 5.74) is 1.79. The van der Waals surface area contributed by atoms with E-state index in [0.717, 1.165) is 11.3 Å². The molecular weight excluding hydrogens is 371 g/mol. The second-order valence-corrected chi connectivity index (χ2v) is 6.68. The number of nitrogens with one attached hydrogen (secondary N) is 1. The molecule has 0 unspecified atom stereocenters. The van der Waals surface area contributed by atoms with E-state index in [-0.39, 0.29) is 16.8 Å². The number of benzene rings is 1. The maximum absolute atomic E-state index is 12.5. The Balaban J connectivity index is 1.79. The van der Waals surface area contributed by atoms with Gasteiger partial charge >= 0.3 is 6.36 Å². The normalized spacial score (nSPS) is 13.0. The van der Waals surface area contributed by atoms with E-state index in [0.29, 0.717) is 27.2 Å². The average molecular weight is 385 g/mol. The number of thiazole rings is 1. The minimum atomic E-state index is -4.76. The molecule has 0 saturated heterocycles. The lowest BCUT2D eigenvalue weighted by Gasteiger charge is -2.10. The van der Waals surface area contributed by atoms with E-state index in [9.17, 15) is 18.0 Å². The lowest BCUT2D eigenvalue weighted by atomic mass is 9.99. The summed E-state index contributed by atoms with van der Waals surface area (Å²) in [6, 6.07) is 3.81. The van der Waals surface area contributed by atoms with Gasteiger partial charge in [0.1, 0.15) is 11.5 Å². The number of nitrogens with zero attached hydrogens (tertiary/aromatic N) is 2. The van der Waals surface area contributed by atoms with Crippen molar-refractivity contribution in [1.29, 1.82) is 0 Å². The lowest BCUT2D eigenvalue weighted by Crippen LogP contribution is -2.19. The molecule has 6 nitrogen and oxygen atoms in total. The largest absolute Gasteiger partial charge is 0.573 e. The Morgan fingerprint density at radius 3 is 2.69 bits per heavy atom. The van der Waals surface area contributed by atoms with E-state index >= 15 is 0 Å². The number of ether oxygens (including phenoxy) is 1. The molecule has 0 aliphatic carbocycles. The van der Waals surface area contributed by atoms with Crippen molar-refractivity contribution in [2.75, 3.05) is 5.32 Å². The van der Waals surface area contributed by atoms with Gasteiger partial charge in [-0.25, -0.2) is 4.98 Å². The van der Waals surface area contributed by atoms with Crippen LogP contribution in [0, 0.1) is 13.8 Å². The van der Waals surface area contributed by atoms with E-state index in [1.807, 2.05) is 0 Å². The highest BCUT2D eigenvalue weighted by Crippen LogP contribution is 2.32. The summed E-state index contributed by atoms with van der Waals surface area (Å²) >= 11 is 1.06. The zero-order chi connectivity index (χ0) is 19.1. The number of alkyl halides is 3. The lowest BCUT2D eigenvalue weighted by molar-refractivity contribution is -0.274. The van der Waals surface area contributed by atoms with Crippen molar-refractivity contribution >= 4 is 32.6 Å². The molecular formula is C16H14F3N3O3S. The van der Waals surface area contributed by atoms with Crippen molar-refractivity contribution in [3.63, 3.8) is 0 Å². The Bertz CT molecular complexity index is 945. The monoisotopic (exact) mass is 385 g/mol. The number of carbonyl (C=O) groups excluding carboxylic acids is 1. The second kappa shape index (κ2) is 6.60. The van der Waals surface area contributed by atoms with Gasteiger partial charge in [-0.2, -0.15) is 0 Å². The average Bonchev–Trinajstić information content (AvgIpc) is 3.07. The van der Waals surface area contributed by atoms with E-state index in [1.54, 1.807) is 20.8 Å². The zero-order valence-corrected chi connectivity index (χ0v) is 14.8. The fourth-order valence-corrected chi connectivity index (χ4v) is 3.51. The molecule has 0 saturated carbocycles. The molecule has 138 valence electrons. The number of anilines is 1. The first-order chi connectivity index (χ1) is 12.1. The summed E-state index contributed by atoms with van der Waals surface area (Å²) in [6.45, 7) is 5.18. The van der Waals surface area contributed by atoms with Gasteiger partial charge in [0.05, 0.1) is 21.8 Å². The molecule has 0 bridgehead atoms. The van der Waals surface area contributed by atoms with Crippen LogP contribution in [0.4, 0.5) is 18.3 Å². The summed E-state index contributed by atoms with van der Waals surface area (Å²) in [5.74, 6) is -0.610. The van der Waals surface area contributed by atoms with Gasteiger partial charge in [-0.05, 0) is 32.9 Å². The van der Waals surface area contributed by atoms with Crippen LogP contribution in [0.25, 0.3) is 10.2 Å². The Morgan fingerprint density at radius 1 is 1.35 bits per heavy atom. The van der Waals surface area contributed by atoms with Crippen molar-refractivity contribution < 1.29 is 27.2 Å². The van der Waals surface area contributed by atoms with Gasteiger partial charge in [0.2, 0.25) is 5.91 Å². The number of carbonyl (C=O) groups is 1. The highest BCUT2D eigenvalue weighted by molar-refractivity contribution is 7.22. The number of aromatic nitrogens is 2. The Labute approximate surface area is 150 Å². The van der Waals surface area contributed by atoms with Gasteiger partial charge in [-0.15, -0.1) is 13.2 Å². The number of halogens is 3. The predicted octanol–water partition coefficient (Wildman–Crippen LogP) is 4.54. The van der Waals surface area contributed by atoms with Gasteiger partial charge < -0.3 is 14.6 Å². The molecule has 1 aromatic carbocycles. The van der Waals surface area contributed by atoms with Crippen molar-refractivity contribution in [3.05, 3.63) is 35.2 Å². The van der Waals surface area contributed by atoms with E-state index in [4.69, 9.17) is 4.52 Å². The number of amides is 1. The Kier molecular flexibility index (Phi) is 4.61. The maximum Gasteiger partial charge on any atom is 0.573 e. The van der Waals surface area contributed by atoms with Crippen LogP contribution in [-0.4, -0.2) is 22.4 Å². The van der Waals surface area contributed by atoms with Crippen LogP contribution >= 0.6 is 11.3 Å². The molecule has 10 heteroatoms. The molecule has 1 N–H and O–H groups in total. The number of hydrogen-bond acceptors (Lipinski definition) is 6. The molecule has 1 atom stereocenters. The van der Waals surface area contributed by atoms with Crippen molar-refractivity contribution in [2.45, 2.75) is 33.1 Å². The van der Waals surface area contributed by atoms with Gasteiger partial charge in [-0.3, -0.25) is 4.79 Å². The summed E-state index contributed by atoms with van der Waals surface area (Å²) in [4.78, 5) is 16.7. The molecule has 0 radical (unpaired) electrons. The second-order valence-electron chi connectivity index (χ2n) is 5.65. The van der Waals surface area contributed by atoms with Gasteiger partial charge in [0.25, 0.3) is 0 Å². The first-order valence-electron chi connectivity index (χ1n) is 7.54. The first-order valence-corrected chi connectivity index (χ1v) is 8.35. The van der Waals surface area contributed by atoms with Crippen LogP contribution in [0.1, 0.15) is 29.9 Å². The molecule has 0 fully saturated rings. The van der Waals surface area contributed by atoms with Crippen LogP contribution in [0.15, 0.2) is 22.7 Å². The highest BCUT2D eigenvalue weighted by atomic mass is 32.1. The molecule has 0 aliphatic rings. The van der Waals surface area contributed by atoms with Crippen LogP contribution in [-0.2, 0) is 4.79 Å². The molecule has 1 amide bonds. The van der Waals surface area contributed by atoms with E-state index < -0.39 is 12.3 Å². The van der Waals surface area contributed by atoms with Crippen LogP contribution < -0.4 is 10.1 Å². The quantitative estimate of drug-likeness (QED) is 0.713. The minimum Gasteiger partial charge on any atom is -0.406 e. The number of rotatable bonds is 4.